The summed E-state index contributed by atoms with van der Waals surface area (Å²) >= 11 is 0. The maximum absolute atomic E-state index is 13.6. The molecule has 0 spiro atoms. The number of nitrogens with two attached hydrogens (primary N) is 1. The summed E-state index contributed by atoms with van der Waals surface area (Å²) in [5.41, 5.74) is 7.00. The van der Waals surface area contributed by atoms with Gasteiger partial charge in [0.05, 0.1) is 0 Å². The molecule has 0 saturated heterocycles. The van der Waals surface area contributed by atoms with Gasteiger partial charge in [-0.1, -0.05) is 31.5 Å². The normalized spacial score (nSPS) is 29.2. The second-order valence-electron chi connectivity index (χ2n) is 5.31. The van der Waals surface area contributed by atoms with Crippen molar-refractivity contribution in [1.82, 2.24) is 0 Å². The summed E-state index contributed by atoms with van der Waals surface area (Å²) in [5.74, 6) is 1.15. The van der Waals surface area contributed by atoms with E-state index in [0.29, 0.717) is 5.92 Å². The molecule has 1 aliphatic rings. The molecule has 94 valence electrons. The molecule has 1 aliphatic carbocycles. The van der Waals surface area contributed by atoms with Gasteiger partial charge in [0.1, 0.15) is 5.82 Å². The molecule has 3 unspecified atom stereocenters. The molecule has 1 nitrogen and oxygen atoms in total. The summed E-state index contributed by atoms with van der Waals surface area (Å²) in [4.78, 5) is 0. The molecule has 2 N–H and O–H groups in total. The van der Waals surface area contributed by atoms with Crippen molar-refractivity contribution in [3.8, 4) is 0 Å². The lowest BCUT2D eigenvalue weighted by molar-refractivity contribution is 0.226. The number of halogens is 1. The van der Waals surface area contributed by atoms with Crippen LogP contribution in [0.3, 0.4) is 0 Å². The fourth-order valence-electron chi connectivity index (χ4n) is 2.94. The van der Waals surface area contributed by atoms with Crippen molar-refractivity contribution in [2.45, 2.75) is 45.1 Å². The summed E-state index contributed by atoms with van der Waals surface area (Å²) in [6, 6.07) is 7.33. The predicted octanol–water partition coefficient (Wildman–Crippen LogP) is 3.52. The van der Waals surface area contributed by atoms with E-state index in [4.69, 9.17) is 5.73 Å². The van der Waals surface area contributed by atoms with Crippen LogP contribution in [0, 0.1) is 17.7 Å². The molecule has 0 aliphatic heterocycles. The molecule has 3 atom stereocenters. The highest BCUT2D eigenvalue weighted by atomic mass is 19.1. The standard InChI is InChI=1S/C15H22FN/c1-2-11-7-8-15(17)13(9-11)10-12-5-3-4-6-14(12)16/h3-6,11,13,15H,2,7-10,17H2,1H3. The largest absolute Gasteiger partial charge is 0.327 e. The molecule has 0 heterocycles. The van der Waals surface area contributed by atoms with Gasteiger partial charge in [0.25, 0.3) is 0 Å². The summed E-state index contributed by atoms with van der Waals surface area (Å²) < 4.78 is 13.6. The second kappa shape index (κ2) is 5.63. The zero-order valence-corrected chi connectivity index (χ0v) is 10.5. The van der Waals surface area contributed by atoms with Crippen LogP contribution in [0.1, 0.15) is 38.2 Å². The lowest BCUT2D eigenvalue weighted by Crippen LogP contribution is -2.37. The molecule has 2 heteroatoms. The Morgan fingerprint density at radius 1 is 1.29 bits per heavy atom. The quantitative estimate of drug-likeness (QED) is 0.852. The molecule has 1 saturated carbocycles. The van der Waals surface area contributed by atoms with Crippen LogP contribution in [-0.4, -0.2) is 6.04 Å². The molecular formula is C15H22FN. The van der Waals surface area contributed by atoms with E-state index in [-0.39, 0.29) is 11.9 Å². The van der Waals surface area contributed by atoms with Gasteiger partial charge in [-0.15, -0.1) is 0 Å². The number of benzene rings is 1. The SMILES string of the molecule is CCC1CCC(N)C(Cc2ccccc2F)C1. The van der Waals surface area contributed by atoms with Gasteiger partial charge in [-0.25, -0.2) is 4.39 Å². The van der Waals surface area contributed by atoms with Crippen molar-refractivity contribution < 1.29 is 4.39 Å². The van der Waals surface area contributed by atoms with Gasteiger partial charge in [-0.2, -0.15) is 0 Å². The van der Waals surface area contributed by atoms with Crippen LogP contribution in [-0.2, 0) is 6.42 Å². The Hall–Kier alpha value is -0.890. The van der Waals surface area contributed by atoms with Gasteiger partial charge >= 0.3 is 0 Å². The third kappa shape index (κ3) is 3.06. The first-order valence-electron chi connectivity index (χ1n) is 6.69. The molecule has 1 fully saturated rings. The Morgan fingerprint density at radius 2 is 2.06 bits per heavy atom. The fraction of sp³-hybridized carbons (Fsp3) is 0.600. The average molecular weight is 235 g/mol. The number of rotatable bonds is 3. The number of hydrogen-bond acceptors (Lipinski definition) is 1. The van der Waals surface area contributed by atoms with Crippen molar-refractivity contribution in [1.29, 1.82) is 0 Å². The lowest BCUT2D eigenvalue weighted by atomic mass is 9.75. The minimum Gasteiger partial charge on any atom is -0.327 e. The fourth-order valence-corrected chi connectivity index (χ4v) is 2.94. The van der Waals surface area contributed by atoms with Crippen LogP contribution in [0.15, 0.2) is 24.3 Å². The van der Waals surface area contributed by atoms with E-state index < -0.39 is 0 Å². The van der Waals surface area contributed by atoms with E-state index >= 15 is 0 Å². The monoisotopic (exact) mass is 235 g/mol. The minimum absolute atomic E-state index is 0.0849. The Morgan fingerprint density at radius 3 is 2.76 bits per heavy atom. The van der Waals surface area contributed by atoms with Crippen LogP contribution in [0.4, 0.5) is 4.39 Å². The zero-order chi connectivity index (χ0) is 12.3. The molecule has 17 heavy (non-hydrogen) atoms. The molecular weight excluding hydrogens is 213 g/mol. The lowest BCUT2D eigenvalue weighted by Gasteiger charge is -2.34. The van der Waals surface area contributed by atoms with Crippen LogP contribution in [0.2, 0.25) is 0 Å². The third-order valence-electron chi connectivity index (χ3n) is 4.17. The molecule has 1 aromatic rings. The van der Waals surface area contributed by atoms with Crippen molar-refractivity contribution >= 4 is 0 Å². The summed E-state index contributed by atoms with van der Waals surface area (Å²) in [5, 5.41) is 0. The first-order chi connectivity index (χ1) is 8.20. The molecule has 0 bridgehead atoms. The topological polar surface area (TPSA) is 26.0 Å². The first-order valence-corrected chi connectivity index (χ1v) is 6.69. The summed E-state index contributed by atoms with van der Waals surface area (Å²) in [6.45, 7) is 2.24. The maximum atomic E-state index is 13.6. The Bertz CT molecular complexity index is 364. The van der Waals surface area contributed by atoms with E-state index in [0.717, 1.165) is 30.7 Å². The summed E-state index contributed by atoms with van der Waals surface area (Å²) in [7, 11) is 0. The van der Waals surface area contributed by atoms with Gasteiger partial charge in [0.15, 0.2) is 0 Å². The van der Waals surface area contributed by atoms with Gasteiger partial charge in [0, 0.05) is 6.04 Å². The molecule has 1 aromatic carbocycles. The second-order valence-corrected chi connectivity index (χ2v) is 5.31. The Labute approximate surface area is 103 Å². The van der Waals surface area contributed by atoms with Gasteiger partial charge in [0.2, 0.25) is 0 Å². The summed E-state index contributed by atoms with van der Waals surface area (Å²) in [6.07, 6.45) is 5.51. The van der Waals surface area contributed by atoms with E-state index in [1.807, 2.05) is 12.1 Å². The van der Waals surface area contributed by atoms with Crippen molar-refractivity contribution in [2.24, 2.45) is 17.6 Å². The van der Waals surface area contributed by atoms with Gasteiger partial charge in [-0.05, 0) is 49.1 Å². The van der Waals surface area contributed by atoms with Gasteiger partial charge in [-0.3, -0.25) is 0 Å². The zero-order valence-electron chi connectivity index (χ0n) is 10.5. The first kappa shape index (κ1) is 12.6. The number of hydrogen-bond donors (Lipinski definition) is 1. The highest BCUT2D eigenvalue weighted by Gasteiger charge is 2.27. The van der Waals surface area contributed by atoms with Crippen LogP contribution < -0.4 is 5.73 Å². The van der Waals surface area contributed by atoms with Crippen LogP contribution in [0.25, 0.3) is 0 Å². The van der Waals surface area contributed by atoms with Crippen molar-refractivity contribution in [3.05, 3.63) is 35.6 Å². The van der Waals surface area contributed by atoms with Crippen LogP contribution in [0.5, 0.6) is 0 Å². The smallest absolute Gasteiger partial charge is 0.126 e. The average Bonchev–Trinajstić information content (AvgIpc) is 2.35. The van der Waals surface area contributed by atoms with Crippen molar-refractivity contribution in [3.63, 3.8) is 0 Å². The van der Waals surface area contributed by atoms with E-state index in [1.165, 1.54) is 12.8 Å². The van der Waals surface area contributed by atoms with E-state index in [9.17, 15) is 4.39 Å². The van der Waals surface area contributed by atoms with E-state index in [1.54, 1.807) is 12.1 Å². The third-order valence-corrected chi connectivity index (χ3v) is 4.17. The van der Waals surface area contributed by atoms with E-state index in [2.05, 4.69) is 6.92 Å². The molecule has 2 rings (SSSR count). The van der Waals surface area contributed by atoms with Gasteiger partial charge < -0.3 is 5.73 Å². The molecule has 0 amide bonds. The molecule has 0 aromatic heterocycles. The van der Waals surface area contributed by atoms with Crippen molar-refractivity contribution in [2.75, 3.05) is 0 Å². The Balaban J connectivity index is 2.04. The minimum atomic E-state index is -0.0849. The molecule has 0 radical (unpaired) electrons. The highest BCUT2D eigenvalue weighted by molar-refractivity contribution is 5.18. The Kier molecular flexibility index (Phi) is 4.16. The maximum Gasteiger partial charge on any atom is 0.126 e. The highest BCUT2D eigenvalue weighted by Crippen LogP contribution is 2.32. The predicted molar refractivity (Wildman–Crippen MR) is 69.2 cm³/mol. The van der Waals surface area contributed by atoms with Crippen LogP contribution >= 0.6 is 0 Å².